The lowest BCUT2D eigenvalue weighted by Crippen LogP contribution is -2.34. The summed E-state index contributed by atoms with van der Waals surface area (Å²) in [6, 6.07) is 11.8. The summed E-state index contributed by atoms with van der Waals surface area (Å²) in [4.78, 5) is 22.3. The Balaban J connectivity index is 1.66. The third kappa shape index (κ3) is 3.82. The predicted octanol–water partition coefficient (Wildman–Crippen LogP) is 3.70. The molecule has 0 aliphatic carbocycles. The number of carbonyl (C=O) groups excluding carboxylic acids is 1. The number of anilines is 1. The van der Waals surface area contributed by atoms with Gasteiger partial charge in [-0.15, -0.1) is 0 Å². The van der Waals surface area contributed by atoms with Crippen LogP contribution in [0.15, 0.2) is 52.4 Å². The number of benzene rings is 2. The molecule has 0 unspecified atom stereocenters. The fourth-order valence-electron chi connectivity index (χ4n) is 3.30. The van der Waals surface area contributed by atoms with Crippen LogP contribution in [0.5, 0.6) is 0 Å². The van der Waals surface area contributed by atoms with Crippen molar-refractivity contribution in [3.8, 4) is 0 Å². The number of aromatic nitrogens is 1. The van der Waals surface area contributed by atoms with Gasteiger partial charge in [-0.05, 0) is 42.7 Å². The fraction of sp³-hybridized carbons (Fsp3) is 0.286. The highest BCUT2D eigenvalue weighted by molar-refractivity contribution is 7.90. The summed E-state index contributed by atoms with van der Waals surface area (Å²) in [5.41, 5.74) is 2.43. The zero-order chi connectivity index (χ0) is 21.5. The number of sulfonamides is 1. The Kier molecular flexibility index (Phi) is 5.33. The van der Waals surface area contributed by atoms with Crippen molar-refractivity contribution in [1.82, 2.24) is 9.71 Å². The van der Waals surface area contributed by atoms with Crippen molar-refractivity contribution >= 4 is 48.5 Å². The molecule has 2 atom stereocenters. The van der Waals surface area contributed by atoms with Crippen LogP contribution in [0.4, 0.5) is 5.13 Å². The summed E-state index contributed by atoms with van der Waals surface area (Å²) >= 11 is 1.40. The molecule has 1 amide bonds. The first-order valence-electron chi connectivity index (χ1n) is 9.66. The number of amidine groups is 1. The van der Waals surface area contributed by atoms with Crippen molar-refractivity contribution < 1.29 is 13.2 Å². The van der Waals surface area contributed by atoms with E-state index in [9.17, 15) is 13.2 Å². The number of aliphatic imine (C=N–C) groups is 1. The van der Waals surface area contributed by atoms with Crippen LogP contribution < -0.4 is 10.0 Å². The van der Waals surface area contributed by atoms with Crippen molar-refractivity contribution in [3.63, 3.8) is 0 Å². The molecule has 1 aliphatic heterocycles. The second-order valence-electron chi connectivity index (χ2n) is 7.39. The number of rotatable bonds is 5. The van der Waals surface area contributed by atoms with Crippen molar-refractivity contribution in [3.05, 3.63) is 53.6 Å². The highest BCUT2D eigenvalue weighted by Gasteiger charge is 2.33. The van der Waals surface area contributed by atoms with E-state index in [1.165, 1.54) is 17.4 Å². The smallest absolute Gasteiger partial charge is 0.263 e. The molecule has 0 bridgehead atoms. The van der Waals surface area contributed by atoms with E-state index in [0.717, 1.165) is 15.8 Å². The Morgan fingerprint density at radius 3 is 2.80 bits per heavy atom. The average Bonchev–Trinajstić information content (AvgIpc) is 3.22. The molecule has 9 heteroatoms. The molecule has 30 heavy (non-hydrogen) atoms. The molecule has 2 aromatic carbocycles. The number of thiazole rings is 1. The molecule has 156 valence electrons. The van der Waals surface area contributed by atoms with Crippen LogP contribution in [-0.4, -0.2) is 31.2 Å². The van der Waals surface area contributed by atoms with E-state index in [1.54, 1.807) is 18.2 Å². The Bertz CT molecular complexity index is 1260. The number of amides is 1. The molecule has 0 saturated carbocycles. The van der Waals surface area contributed by atoms with E-state index in [1.807, 2.05) is 39.0 Å². The SMILES string of the molecule is CC[C@H](C)[C@H](N=C1NS(=O)(=O)c2ccccc21)C(=O)Nc1nc2ccc(C)cc2s1. The molecule has 2 heterocycles. The second-order valence-corrected chi connectivity index (χ2v) is 10.1. The highest BCUT2D eigenvalue weighted by Crippen LogP contribution is 2.28. The topological polar surface area (TPSA) is 101 Å². The lowest BCUT2D eigenvalue weighted by molar-refractivity contribution is -0.118. The lowest BCUT2D eigenvalue weighted by atomic mass is 9.99. The standard InChI is InChI=1S/C21H22N4O3S2/c1-4-13(3)18(23-19-14-7-5-6-8-17(14)30(27,28)25-19)20(26)24-21-22-15-10-9-12(2)11-16(15)29-21/h5-11,13,18H,4H2,1-3H3,(H,23,25)(H,22,24,26)/t13-,18-/m0/s1. The van der Waals surface area contributed by atoms with E-state index in [0.29, 0.717) is 17.1 Å². The van der Waals surface area contributed by atoms with Gasteiger partial charge >= 0.3 is 0 Å². The van der Waals surface area contributed by atoms with Gasteiger partial charge in [-0.25, -0.2) is 13.4 Å². The lowest BCUT2D eigenvalue weighted by Gasteiger charge is -2.18. The number of aryl methyl sites for hydroxylation is 1. The first-order valence-corrected chi connectivity index (χ1v) is 12.0. The van der Waals surface area contributed by atoms with Crippen LogP contribution in [0.2, 0.25) is 0 Å². The molecule has 4 rings (SSSR count). The molecule has 0 spiro atoms. The van der Waals surface area contributed by atoms with E-state index >= 15 is 0 Å². The summed E-state index contributed by atoms with van der Waals surface area (Å²) in [5, 5.41) is 3.37. The molecule has 3 aromatic rings. The Labute approximate surface area is 179 Å². The largest absolute Gasteiger partial charge is 0.300 e. The van der Waals surface area contributed by atoms with Gasteiger partial charge in [0, 0.05) is 5.56 Å². The Morgan fingerprint density at radius 1 is 1.27 bits per heavy atom. The quantitative estimate of drug-likeness (QED) is 0.629. The zero-order valence-corrected chi connectivity index (χ0v) is 18.5. The first-order chi connectivity index (χ1) is 14.3. The van der Waals surface area contributed by atoms with Crippen LogP contribution in [-0.2, 0) is 14.8 Å². The zero-order valence-electron chi connectivity index (χ0n) is 16.8. The molecule has 1 aliphatic rings. The Morgan fingerprint density at radius 2 is 2.03 bits per heavy atom. The number of nitrogens with one attached hydrogen (secondary N) is 2. The van der Waals surface area contributed by atoms with Crippen LogP contribution in [0.25, 0.3) is 10.2 Å². The monoisotopic (exact) mass is 442 g/mol. The predicted molar refractivity (Wildman–Crippen MR) is 120 cm³/mol. The van der Waals surface area contributed by atoms with Crippen molar-refractivity contribution in [2.24, 2.45) is 10.9 Å². The minimum absolute atomic E-state index is 0.0913. The number of carbonyl (C=O) groups is 1. The maximum absolute atomic E-state index is 13.1. The van der Waals surface area contributed by atoms with Crippen LogP contribution >= 0.6 is 11.3 Å². The van der Waals surface area contributed by atoms with Gasteiger partial charge in [0.1, 0.15) is 11.9 Å². The minimum Gasteiger partial charge on any atom is -0.300 e. The van der Waals surface area contributed by atoms with Crippen molar-refractivity contribution in [2.75, 3.05) is 5.32 Å². The van der Waals surface area contributed by atoms with Gasteiger partial charge in [0.25, 0.3) is 15.9 Å². The van der Waals surface area contributed by atoms with Crippen LogP contribution in [0, 0.1) is 12.8 Å². The molecular formula is C21H22N4O3S2. The average molecular weight is 443 g/mol. The Hall–Kier alpha value is -2.78. The third-order valence-electron chi connectivity index (χ3n) is 5.16. The molecule has 2 N–H and O–H groups in total. The summed E-state index contributed by atoms with van der Waals surface area (Å²) < 4.78 is 28.2. The van der Waals surface area contributed by atoms with E-state index in [-0.39, 0.29) is 22.6 Å². The number of hydrogen-bond donors (Lipinski definition) is 2. The van der Waals surface area contributed by atoms with Gasteiger partial charge in [0.2, 0.25) is 0 Å². The van der Waals surface area contributed by atoms with Crippen LogP contribution in [0.1, 0.15) is 31.4 Å². The molecule has 7 nitrogen and oxygen atoms in total. The van der Waals surface area contributed by atoms with Gasteiger partial charge in [-0.3, -0.25) is 14.5 Å². The first kappa shape index (κ1) is 20.5. The van der Waals surface area contributed by atoms with Crippen LogP contribution in [0.3, 0.4) is 0 Å². The second kappa shape index (κ2) is 7.81. The fourth-order valence-corrected chi connectivity index (χ4v) is 5.51. The highest BCUT2D eigenvalue weighted by atomic mass is 32.2. The summed E-state index contributed by atoms with van der Waals surface area (Å²) in [7, 11) is -3.66. The van der Waals surface area contributed by atoms with E-state index in [4.69, 9.17) is 0 Å². The third-order valence-corrected chi connectivity index (χ3v) is 7.49. The van der Waals surface area contributed by atoms with Crippen molar-refractivity contribution in [1.29, 1.82) is 0 Å². The summed E-state index contributed by atoms with van der Waals surface area (Å²) in [6.45, 7) is 5.90. The minimum atomic E-state index is -3.66. The van der Waals surface area contributed by atoms with Crippen molar-refractivity contribution in [2.45, 2.75) is 38.1 Å². The van der Waals surface area contributed by atoms with Gasteiger partial charge in [0.15, 0.2) is 5.13 Å². The maximum atomic E-state index is 13.1. The van der Waals surface area contributed by atoms with Gasteiger partial charge < -0.3 is 5.32 Å². The molecule has 0 saturated heterocycles. The molecule has 0 fully saturated rings. The molecule has 0 radical (unpaired) electrons. The van der Waals surface area contributed by atoms with Gasteiger partial charge in [0.05, 0.1) is 15.1 Å². The maximum Gasteiger partial charge on any atom is 0.263 e. The van der Waals surface area contributed by atoms with Gasteiger partial charge in [-0.2, -0.15) is 0 Å². The number of fused-ring (bicyclic) bond motifs is 2. The number of hydrogen-bond acceptors (Lipinski definition) is 6. The van der Waals surface area contributed by atoms with E-state index in [2.05, 4.69) is 20.0 Å². The number of nitrogens with zero attached hydrogens (tertiary/aromatic N) is 2. The molecule has 1 aromatic heterocycles. The normalized spacial score (nSPS) is 18.0. The van der Waals surface area contributed by atoms with Gasteiger partial charge in [-0.1, -0.05) is 49.8 Å². The summed E-state index contributed by atoms with van der Waals surface area (Å²) in [5.74, 6) is -0.200. The summed E-state index contributed by atoms with van der Waals surface area (Å²) in [6.07, 6.45) is 0.711. The van der Waals surface area contributed by atoms with E-state index < -0.39 is 16.1 Å². The molecular weight excluding hydrogens is 420 g/mol.